The van der Waals surface area contributed by atoms with E-state index in [4.69, 9.17) is 27.1 Å². The monoisotopic (exact) mass is 433 g/mol. The van der Waals surface area contributed by atoms with Gasteiger partial charge < -0.3 is 15.5 Å². The molecule has 5 heteroatoms. The summed E-state index contributed by atoms with van der Waals surface area (Å²) in [7, 11) is 0. The summed E-state index contributed by atoms with van der Waals surface area (Å²) in [5.74, 6) is 1.73. The van der Waals surface area contributed by atoms with Crippen molar-refractivity contribution in [2.45, 2.75) is 57.4 Å². The van der Waals surface area contributed by atoms with Gasteiger partial charge in [-0.25, -0.2) is 4.98 Å². The van der Waals surface area contributed by atoms with Crippen molar-refractivity contribution >= 4 is 33.3 Å². The van der Waals surface area contributed by atoms with Gasteiger partial charge in [0.25, 0.3) is 0 Å². The van der Waals surface area contributed by atoms with E-state index in [0.717, 1.165) is 77.0 Å². The van der Waals surface area contributed by atoms with Crippen molar-refractivity contribution in [3.63, 3.8) is 0 Å². The number of aryl methyl sites for hydroxylation is 1. The summed E-state index contributed by atoms with van der Waals surface area (Å²) < 4.78 is 6.26. The van der Waals surface area contributed by atoms with Crippen LogP contribution in [0.15, 0.2) is 48.5 Å². The number of nitrogens with two attached hydrogens (primary N) is 1. The number of aromatic nitrogens is 2. The molecule has 2 heterocycles. The van der Waals surface area contributed by atoms with Gasteiger partial charge in [0, 0.05) is 29.1 Å². The van der Waals surface area contributed by atoms with Crippen molar-refractivity contribution in [1.29, 1.82) is 0 Å². The topological polar surface area (TPSA) is 63.9 Å². The van der Waals surface area contributed by atoms with Gasteiger partial charge >= 0.3 is 0 Å². The zero-order valence-electron chi connectivity index (χ0n) is 17.8. The van der Waals surface area contributed by atoms with Crippen LogP contribution in [0.1, 0.15) is 56.3 Å². The fourth-order valence-corrected chi connectivity index (χ4v) is 5.16. The van der Waals surface area contributed by atoms with E-state index in [1.807, 2.05) is 24.3 Å². The van der Waals surface area contributed by atoms with Crippen molar-refractivity contribution in [3.05, 3.63) is 64.9 Å². The molecule has 160 valence electrons. The summed E-state index contributed by atoms with van der Waals surface area (Å²) in [5.41, 5.74) is 9.33. The lowest BCUT2D eigenvalue weighted by atomic mass is 9.93. The molecule has 0 radical (unpaired) electrons. The van der Waals surface area contributed by atoms with Crippen LogP contribution in [0.5, 0.6) is 11.6 Å². The number of pyridine rings is 1. The van der Waals surface area contributed by atoms with E-state index < -0.39 is 0 Å². The molecule has 0 amide bonds. The maximum absolute atomic E-state index is 6.79. The highest BCUT2D eigenvalue weighted by Crippen LogP contribution is 2.40. The number of halogens is 1. The van der Waals surface area contributed by atoms with Gasteiger partial charge in [0.2, 0.25) is 5.88 Å². The van der Waals surface area contributed by atoms with Crippen LogP contribution in [-0.4, -0.2) is 16.0 Å². The number of aromatic amines is 1. The Balaban J connectivity index is 1.57. The molecule has 4 aromatic rings. The van der Waals surface area contributed by atoms with Gasteiger partial charge in [-0.3, -0.25) is 0 Å². The maximum atomic E-state index is 6.79. The number of benzene rings is 2. The molecule has 1 aliphatic rings. The molecule has 1 fully saturated rings. The Labute approximate surface area is 187 Å². The third-order valence-electron chi connectivity index (χ3n) is 6.49. The van der Waals surface area contributed by atoms with Crippen molar-refractivity contribution in [2.24, 2.45) is 5.73 Å². The normalized spacial score (nSPS) is 19.6. The molecule has 0 spiro atoms. The number of rotatable bonds is 4. The van der Waals surface area contributed by atoms with Gasteiger partial charge in [-0.05, 0) is 55.0 Å². The van der Waals surface area contributed by atoms with E-state index in [9.17, 15) is 0 Å². The first kappa shape index (κ1) is 20.3. The molecule has 0 saturated heterocycles. The SMILES string of the molecule is CCc1[nH]c2cc(Oc3ccc4ccccc4c3)nc(C3CCCC(N)CC3)c2c1Cl. The fourth-order valence-electron chi connectivity index (χ4n) is 4.78. The van der Waals surface area contributed by atoms with Gasteiger partial charge in [-0.2, -0.15) is 0 Å². The predicted molar refractivity (Wildman–Crippen MR) is 128 cm³/mol. The third kappa shape index (κ3) is 4.02. The first-order chi connectivity index (χ1) is 15.1. The molecule has 2 aromatic heterocycles. The van der Waals surface area contributed by atoms with Gasteiger partial charge in [-0.1, -0.05) is 55.3 Å². The van der Waals surface area contributed by atoms with E-state index in [2.05, 4.69) is 36.2 Å². The molecular formula is C26H28ClN3O. The second kappa shape index (κ2) is 8.52. The Morgan fingerprint density at radius 3 is 2.74 bits per heavy atom. The molecule has 0 aliphatic heterocycles. The molecule has 0 bridgehead atoms. The fraction of sp³-hybridized carbons (Fsp3) is 0.346. The third-order valence-corrected chi connectivity index (χ3v) is 6.91. The summed E-state index contributed by atoms with van der Waals surface area (Å²) >= 11 is 6.79. The van der Waals surface area contributed by atoms with Crippen LogP contribution < -0.4 is 10.5 Å². The highest BCUT2D eigenvalue weighted by Gasteiger charge is 2.25. The number of nitrogens with one attached hydrogen (secondary N) is 1. The van der Waals surface area contributed by atoms with E-state index in [0.29, 0.717) is 11.8 Å². The van der Waals surface area contributed by atoms with Gasteiger partial charge in [0.05, 0.1) is 16.2 Å². The Kier molecular flexibility index (Phi) is 5.59. The van der Waals surface area contributed by atoms with Gasteiger partial charge in [-0.15, -0.1) is 0 Å². The molecule has 5 rings (SSSR count). The van der Waals surface area contributed by atoms with Gasteiger partial charge in [0.15, 0.2) is 0 Å². The minimum Gasteiger partial charge on any atom is -0.439 e. The Hall–Kier alpha value is -2.56. The highest BCUT2D eigenvalue weighted by atomic mass is 35.5. The molecule has 3 N–H and O–H groups in total. The molecule has 1 aliphatic carbocycles. The predicted octanol–water partition coefficient (Wildman–Crippen LogP) is 7.10. The zero-order valence-corrected chi connectivity index (χ0v) is 18.6. The van der Waals surface area contributed by atoms with Crippen LogP contribution in [0, 0.1) is 0 Å². The number of nitrogens with zero attached hydrogens (tertiary/aromatic N) is 1. The summed E-state index contributed by atoms with van der Waals surface area (Å²) in [6.45, 7) is 2.11. The molecule has 4 nitrogen and oxygen atoms in total. The Morgan fingerprint density at radius 2 is 1.90 bits per heavy atom. The number of hydrogen-bond acceptors (Lipinski definition) is 3. The van der Waals surface area contributed by atoms with Crippen molar-refractivity contribution < 1.29 is 4.74 Å². The van der Waals surface area contributed by atoms with Crippen LogP contribution in [-0.2, 0) is 6.42 Å². The second-order valence-corrected chi connectivity index (χ2v) is 8.99. The zero-order chi connectivity index (χ0) is 21.4. The molecule has 1 saturated carbocycles. The molecular weight excluding hydrogens is 406 g/mol. The van der Waals surface area contributed by atoms with E-state index >= 15 is 0 Å². The number of fused-ring (bicyclic) bond motifs is 2. The number of H-pyrrole nitrogens is 1. The average molecular weight is 434 g/mol. The number of hydrogen-bond donors (Lipinski definition) is 2. The standard InChI is InChI=1S/C26H28ClN3O/c1-2-21-25(27)24-22(29-21)15-23(30-26(24)17-8-5-9-19(28)12-10-17)31-20-13-11-16-6-3-4-7-18(16)14-20/h3-4,6-7,11,13-15,17,19,29H,2,5,8-10,12,28H2,1H3. The summed E-state index contributed by atoms with van der Waals surface area (Å²) in [5, 5.41) is 4.18. The highest BCUT2D eigenvalue weighted by molar-refractivity contribution is 6.36. The first-order valence-corrected chi connectivity index (χ1v) is 11.6. The second-order valence-electron chi connectivity index (χ2n) is 8.62. The molecule has 31 heavy (non-hydrogen) atoms. The largest absolute Gasteiger partial charge is 0.439 e. The van der Waals surface area contributed by atoms with Crippen molar-refractivity contribution in [1.82, 2.24) is 9.97 Å². The van der Waals surface area contributed by atoms with E-state index in [-0.39, 0.29) is 6.04 Å². The lowest BCUT2D eigenvalue weighted by molar-refractivity contribution is 0.457. The van der Waals surface area contributed by atoms with Crippen molar-refractivity contribution in [3.8, 4) is 11.6 Å². The summed E-state index contributed by atoms with van der Waals surface area (Å²) in [6.07, 6.45) is 6.18. The smallest absolute Gasteiger partial charge is 0.221 e. The molecule has 2 atom stereocenters. The van der Waals surface area contributed by atoms with Gasteiger partial charge in [0.1, 0.15) is 5.75 Å². The molecule has 2 unspecified atom stereocenters. The maximum Gasteiger partial charge on any atom is 0.221 e. The minimum absolute atomic E-state index is 0.283. The van der Waals surface area contributed by atoms with Crippen LogP contribution in [0.2, 0.25) is 5.02 Å². The minimum atomic E-state index is 0.283. The van der Waals surface area contributed by atoms with Crippen LogP contribution in [0.4, 0.5) is 0 Å². The van der Waals surface area contributed by atoms with E-state index in [1.54, 1.807) is 0 Å². The van der Waals surface area contributed by atoms with Crippen molar-refractivity contribution in [2.75, 3.05) is 0 Å². The average Bonchev–Trinajstić information content (AvgIpc) is 2.95. The number of ether oxygens (including phenoxy) is 1. The quantitative estimate of drug-likeness (QED) is 0.337. The lowest BCUT2D eigenvalue weighted by Crippen LogP contribution is -2.18. The molecule has 2 aromatic carbocycles. The Bertz CT molecular complexity index is 1230. The first-order valence-electron chi connectivity index (χ1n) is 11.3. The summed E-state index contributed by atoms with van der Waals surface area (Å²) in [4.78, 5) is 8.50. The lowest BCUT2D eigenvalue weighted by Gasteiger charge is -2.17. The van der Waals surface area contributed by atoms with Crippen LogP contribution >= 0.6 is 11.6 Å². The Morgan fingerprint density at radius 1 is 1.06 bits per heavy atom. The van der Waals surface area contributed by atoms with E-state index in [1.165, 1.54) is 5.39 Å². The van der Waals surface area contributed by atoms with Crippen LogP contribution in [0.25, 0.3) is 21.7 Å². The van der Waals surface area contributed by atoms with Crippen LogP contribution in [0.3, 0.4) is 0 Å². The summed E-state index contributed by atoms with van der Waals surface area (Å²) in [6, 6.07) is 16.7.